The number of sulfonamides is 1. The number of carboxylic acid groups (broad SMARTS) is 1. The molecule has 7 nitrogen and oxygen atoms in total. The lowest BCUT2D eigenvalue weighted by Gasteiger charge is -2.30. The number of nitrogens with zero attached hydrogens (tertiary/aromatic N) is 1. The van der Waals surface area contributed by atoms with Gasteiger partial charge in [0.25, 0.3) is 0 Å². The minimum atomic E-state index is -3.30. The van der Waals surface area contributed by atoms with Crippen LogP contribution in [-0.4, -0.2) is 55.1 Å². The third-order valence-corrected chi connectivity index (χ3v) is 4.22. The lowest BCUT2D eigenvalue weighted by atomic mass is 9.98. The second-order valence-electron chi connectivity index (χ2n) is 4.53. The highest BCUT2D eigenvalue weighted by molar-refractivity contribution is 7.88. The number of aliphatic carboxylic acids is 1. The normalized spacial score (nSPS) is 23.3. The zero-order valence-electron chi connectivity index (χ0n) is 10.4. The van der Waals surface area contributed by atoms with Gasteiger partial charge in [-0.25, -0.2) is 12.7 Å². The Morgan fingerprint density at radius 1 is 1.44 bits per heavy atom. The van der Waals surface area contributed by atoms with Gasteiger partial charge in [-0.1, -0.05) is 0 Å². The van der Waals surface area contributed by atoms with Crippen LogP contribution < -0.4 is 5.32 Å². The van der Waals surface area contributed by atoms with Gasteiger partial charge in [-0.15, -0.1) is 0 Å². The van der Waals surface area contributed by atoms with Crippen molar-refractivity contribution in [3.8, 4) is 0 Å². The third kappa shape index (κ3) is 3.95. The van der Waals surface area contributed by atoms with Crippen molar-refractivity contribution in [1.82, 2.24) is 9.62 Å². The number of hydrogen-bond acceptors (Lipinski definition) is 4. The van der Waals surface area contributed by atoms with Gasteiger partial charge in [0.1, 0.15) is 6.04 Å². The fourth-order valence-electron chi connectivity index (χ4n) is 1.85. The van der Waals surface area contributed by atoms with Crippen molar-refractivity contribution in [1.29, 1.82) is 0 Å². The number of amides is 1. The quantitative estimate of drug-likeness (QED) is 0.704. The molecule has 1 aliphatic rings. The maximum absolute atomic E-state index is 11.8. The molecular formula is C10H18N2O5S. The Bertz CT molecular complexity index is 434. The second kappa shape index (κ2) is 5.66. The number of piperidine rings is 1. The average Bonchev–Trinajstić information content (AvgIpc) is 2.27. The number of carbonyl (C=O) groups excluding carboxylic acids is 1. The van der Waals surface area contributed by atoms with Crippen molar-refractivity contribution in [2.45, 2.75) is 25.8 Å². The lowest BCUT2D eigenvalue weighted by Crippen LogP contribution is -2.48. The molecule has 0 aliphatic carbocycles. The molecule has 0 spiro atoms. The molecule has 1 amide bonds. The highest BCUT2D eigenvalue weighted by atomic mass is 32.2. The van der Waals surface area contributed by atoms with Crippen LogP contribution in [0, 0.1) is 5.92 Å². The number of hydrogen-bond donors (Lipinski definition) is 2. The van der Waals surface area contributed by atoms with Crippen LogP contribution in [0.15, 0.2) is 0 Å². The predicted molar refractivity (Wildman–Crippen MR) is 64.4 cm³/mol. The highest BCUT2D eigenvalue weighted by Crippen LogP contribution is 2.18. The van der Waals surface area contributed by atoms with Crippen molar-refractivity contribution >= 4 is 21.9 Å². The molecule has 18 heavy (non-hydrogen) atoms. The fourth-order valence-corrected chi connectivity index (χ4v) is 2.76. The van der Waals surface area contributed by atoms with Crippen LogP contribution in [0.3, 0.4) is 0 Å². The Hall–Kier alpha value is -1.15. The minimum Gasteiger partial charge on any atom is -0.480 e. The molecule has 2 N–H and O–H groups in total. The van der Waals surface area contributed by atoms with E-state index in [1.807, 2.05) is 0 Å². The number of carboxylic acids is 1. The molecular weight excluding hydrogens is 260 g/mol. The van der Waals surface area contributed by atoms with Crippen LogP contribution >= 0.6 is 0 Å². The van der Waals surface area contributed by atoms with Crippen molar-refractivity contribution < 1.29 is 23.1 Å². The Morgan fingerprint density at radius 2 is 2.06 bits per heavy atom. The van der Waals surface area contributed by atoms with Crippen LogP contribution in [0.1, 0.15) is 19.8 Å². The van der Waals surface area contributed by atoms with Crippen LogP contribution in [0.5, 0.6) is 0 Å². The number of nitrogens with one attached hydrogen (secondary N) is 1. The van der Waals surface area contributed by atoms with E-state index in [1.54, 1.807) is 0 Å². The van der Waals surface area contributed by atoms with Gasteiger partial charge in [-0.3, -0.25) is 9.59 Å². The predicted octanol–water partition coefficient (Wildman–Crippen LogP) is -0.753. The van der Waals surface area contributed by atoms with E-state index in [0.29, 0.717) is 19.4 Å². The van der Waals surface area contributed by atoms with Crippen molar-refractivity contribution in [2.24, 2.45) is 5.92 Å². The summed E-state index contributed by atoms with van der Waals surface area (Å²) >= 11 is 0. The van der Waals surface area contributed by atoms with Crippen LogP contribution in [0.2, 0.25) is 0 Å². The zero-order chi connectivity index (χ0) is 13.9. The summed E-state index contributed by atoms with van der Waals surface area (Å²) < 4.78 is 24.0. The first-order chi connectivity index (χ1) is 8.21. The standard InChI is InChI=1S/C10H18N2O5S/c1-7(10(14)15)11-9(13)8-4-3-5-12(6-8)18(2,16)17/h7-8H,3-6H2,1-2H3,(H,11,13)(H,14,15)/t7-,8?/m0/s1. The topological polar surface area (TPSA) is 104 Å². The van der Waals surface area contributed by atoms with E-state index in [4.69, 9.17) is 5.11 Å². The van der Waals surface area contributed by atoms with Gasteiger partial charge < -0.3 is 10.4 Å². The van der Waals surface area contributed by atoms with E-state index in [0.717, 1.165) is 6.26 Å². The molecule has 104 valence electrons. The van der Waals surface area contributed by atoms with E-state index in [2.05, 4.69) is 5.32 Å². The molecule has 8 heteroatoms. The molecule has 1 saturated heterocycles. The number of carbonyl (C=O) groups is 2. The summed E-state index contributed by atoms with van der Waals surface area (Å²) in [5.74, 6) is -1.99. The summed E-state index contributed by atoms with van der Waals surface area (Å²) in [6.07, 6.45) is 2.28. The summed E-state index contributed by atoms with van der Waals surface area (Å²) in [6, 6.07) is -0.967. The highest BCUT2D eigenvalue weighted by Gasteiger charge is 2.31. The fraction of sp³-hybridized carbons (Fsp3) is 0.800. The Kier molecular flexibility index (Phi) is 4.69. The van der Waals surface area contributed by atoms with Gasteiger partial charge in [0, 0.05) is 13.1 Å². The minimum absolute atomic E-state index is 0.122. The molecule has 1 aliphatic heterocycles. The maximum atomic E-state index is 11.8. The molecule has 1 fully saturated rings. The molecule has 0 aromatic heterocycles. The molecule has 1 unspecified atom stereocenters. The lowest BCUT2D eigenvalue weighted by molar-refractivity contribution is -0.142. The van der Waals surface area contributed by atoms with Gasteiger partial charge in [-0.2, -0.15) is 0 Å². The van der Waals surface area contributed by atoms with Crippen molar-refractivity contribution in [3.63, 3.8) is 0 Å². The maximum Gasteiger partial charge on any atom is 0.325 e. The molecule has 0 bridgehead atoms. The molecule has 0 aromatic carbocycles. The molecule has 1 heterocycles. The smallest absolute Gasteiger partial charge is 0.325 e. The van der Waals surface area contributed by atoms with Gasteiger partial charge in [0.2, 0.25) is 15.9 Å². The van der Waals surface area contributed by atoms with Crippen LogP contribution in [0.25, 0.3) is 0 Å². The number of rotatable bonds is 4. The van der Waals surface area contributed by atoms with E-state index in [1.165, 1.54) is 11.2 Å². The summed E-state index contributed by atoms with van der Waals surface area (Å²) in [6.45, 7) is 1.91. The monoisotopic (exact) mass is 278 g/mol. The molecule has 0 saturated carbocycles. The van der Waals surface area contributed by atoms with Crippen LogP contribution in [-0.2, 0) is 19.6 Å². The summed E-state index contributed by atoms with van der Waals surface area (Å²) in [5, 5.41) is 11.1. The first-order valence-corrected chi connectivity index (χ1v) is 7.55. The van der Waals surface area contributed by atoms with E-state index in [9.17, 15) is 18.0 Å². The van der Waals surface area contributed by atoms with Gasteiger partial charge in [0.15, 0.2) is 0 Å². The van der Waals surface area contributed by atoms with Gasteiger partial charge in [-0.05, 0) is 19.8 Å². The molecule has 0 radical (unpaired) electrons. The first kappa shape index (κ1) is 14.9. The van der Waals surface area contributed by atoms with Gasteiger partial charge in [0.05, 0.1) is 12.2 Å². The van der Waals surface area contributed by atoms with E-state index in [-0.39, 0.29) is 6.54 Å². The van der Waals surface area contributed by atoms with Gasteiger partial charge >= 0.3 is 5.97 Å². The Labute approximate surface area is 106 Å². The third-order valence-electron chi connectivity index (χ3n) is 2.95. The molecule has 1 rings (SSSR count). The second-order valence-corrected chi connectivity index (χ2v) is 6.51. The summed E-state index contributed by atoms with van der Waals surface area (Å²) in [4.78, 5) is 22.4. The summed E-state index contributed by atoms with van der Waals surface area (Å²) in [5.41, 5.74) is 0. The van der Waals surface area contributed by atoms with Crippen molar-refractivity contribution in [2.75, 3.05) is 19.3 Å². The zero-order valence-corrected chi connectivity index (χ0v) is 11.2. The largest absolute Gasteiger partial charge is 0.480 e. The molecule has 0 aromatic rings. The first-order valence-electron chi connectivity index (χ1n) is 5.70. The SMILES string of the molecule is C[C@H](NC(=O)C1CCCN(S(C)(=O)=O)C1)C(=O)O. The Morgan fingerprint density at radius 3 is 2.56 bits per heavy atom. The average molecular weight is 278 g/mol. The van der Waals surface area contributed by atoms with E-state index < -0.39 is 33.9 Å². The van der Waals surface area contributed by atoms with Crippen molar-refractivity contribution in [3.05, 3.63) is 0 Å². The Balaban J connectivity index is 2.62. The van der Waals surface area contributed by atoms with E-state index >= 15 is 0 Å². The molecule has 2 atom stereocenters. The summed E-state index contributed by atoms with van der Waals surface area (Å²) in [7, 11) is -3.30. The van der Waals surface area contributed by atoms with Crippen LogP contribution in [0.4, 0.5) is 0 Å².